The number of rotatable bonds is 4. The summed E-state index contributed by atoms with van der Waals surface area (Å²) in [5, 5.41) is 6.98. The van der Waals surface area contributed by atoms with Crippen molar-refractivity contribution < 1.29 is 8.78 Å². The third-order valence-electron chi connectivity index (χ3n) is 5.25. The number of piperidine rings is 1. The summed E-state index contributed by atoms with van der Waals surface area (Å²) in [4.78, 5) is 9.03. The van der Waals surface area contributed by atoms with E-state index in [1.165, 1.54) is 12.3 Å². The number of nitrogens with zero attached hydrogens (tertiary/aromatic N) is 3. The van der Waals surface area contributed by atoms with Crippen molar-refractivity contribution in [1.82, 2.24) is 19.7 Å². The number of aromatic nitrogens is 3. The molecule has 5 nitrogen and oxygen atoms in total. The van der Waals surface area contributed by atoms with E-state index < -0.39 is 6.43 Å². The van der Waals surface area contributed by atoms with Gasteiger partial charge >= 0.3 is 0 Å². The van der Waals surface area contributed by atoms with E-state index in [2.05, 4.69) is 29.5 Å². The highest BCUT2D eigenvalue weighted by atomic mass is 19.3. The zero-order valence-corrected chi connectivity index (χ0v) is 15.4. The molecule has 142 valence electrons. The second-order valence-electron chi connectivity index (χ2n) is 7.69. The monoisotopic (exact) mass is 371 g/mol. The van der Waals surface area contributed by atoms with Crippen molar-refractivity contribution in [2.75, 3.05) is 18.4 Å². The molecule has 0 aliphatic carbocycles. The van der Waals surface area contributed by atoms with E-state index in [1.54, 1.807) is 16.7 Å². The predicted octanol–water partition coefficient (Wildman–Crippen LogP) is 4.13. The molecule has 7 heteroatoms. The third kappa shape index (κ3) is 3.51. The minimum atomic E-state index is -2.52. The van der Waals surface area contributed by atoms with E-state index >= 15 is 0 Å². The first-order valence-electron chi connectivity index (χ1n) is 9.14. The zero-order valence-electron chi connectivity index (χ0n) is 15.4. The van der Waals surface area contributed by atoms with E-state index in [0.29, 0.717) is 23.1 Å². The number of imidazole rings is 1. The highest BCUT2D eigenvalue weighted by Gasteiger charge is 2.32. The Morgan fingerprint density at radius 3 is 2.89 bits per heavy atom. The average Bonchev–Trinajstić information content (AvgIpc) is 3.07. The van der Waals surface area contributed by atoms with E-state index in [-0.39, 0.29) is 11.0 Å². The van der Waals surface area contributed by atoms with E-state index in [4.69, 9.17) is 4.98 Å². The van der Waals surface area contributed by atoms with Gasteiger partial charge < -0.3 is 10.6 Å². The Morgan fingerprint density at radius 1 is 1.26 bits per heavy atom. The molecular formula is C20H23F2N5. The number of nitrogens with one attached hydrogen (secondary N) is 2. The summed E-state index contributed by atoms with van der Waals surface area (Å²) < 4.78 is 27.8. The minimum Gasteiger partial charge on any atom is -0.367 e. The molecule has 3 aromatic rings. The normalized spacial score (nSPS) is 19.5. The van der Waals surface area contributed by atoms with Crippen LogP contribution in [0.3, 0.4) is 0 Å². The summed E-state index contributed by atoms with van der Waals surface area (Å²) in [6.07, 6.45) is 1.60. The van der Waals surface area contributed by atoms with Gasteiger partial charge in [-0.1, -0.05) is 19.9 Å². The largest absolute Gasteiger partial charge is 0.367 e. The fourth-order valence-electron chi connectivity index (χ4n) is 3.59. The van der Waals surface area contributed by atoms with Crippen LogP contribution in [-0.2, 0) is 0 Å². The number of hydrogen-bond acceptors (Lipinski definition) is 4. The van der Waals surface area contributed by atoms with Gasteiger partial charge in [0, 0.05) is 24.3 Å². The molecular weight excluding hydrogens is 348 g/mol. The Morgan fingerprint density at radius 2 is 2.11 bits per heavy atom. The molecule has 3 aromatic heterocycles. The van der Waals surface area contributed by atoms with E-state index in [0.717, 1.165) is 25.3 Å². The van der Waals surface area contributed by atoms with Crippen molar-refractivity contribution in [2.24, 2.45) is 5.41 Å². The SMILES string of the molecule is CC1(C)CNCCC1Nc1cccc(-c2cnc3ccc(C(F)F)cn23)n1. The molecule has 0 bridgehead atoms. The Balaban J connectivity index is 1.66. The fraction of sp³-hybridized carbons (Fsp3) is 0.400. The summed E-state index contributed by atoms with van der Waals surface area (Å²) in [6, 6.07) is 9.06. The second-order valence-corrected chi connectivity index (χ2v) is 7.69. The second kappa shape index (κ2) is 6.88. The Bertz CT molecular complexity index is 950. The fourth-order valence-corrected chi connectivity index (χ4v) is 3.59. The van der Waals surface area contributed by atoms with Gasteiger partial charge in [-0.25, -0.2) is 18.7 Å². The van der Waals surface area contributed by atoms with Crippen molar-refractivity contribution in [2.45, 2.75) is 32.7 Å². The molecule has 0 saturated carbocycles. The van der Waals surface area contributed by atoms with Gasteiger partial charge in [-0.2, -0.15) is 0 Å². The van der Waals surface area contributed by atoms with Gasteiger partial charge in [0.15, 0.2) is 0 Å². The van der Waals surface area contributed by atoms with Crippen LogP contribution < -0.4 is 10.6 Å². The molecule has 0 radical (unpaired) electrons. The lowest BCUT2D eigenvalue weighted by molar-refractivity contribution is 0.151. The molecule has 27 heavy (non-hydrogen) atoms. The average molecular weight is 371 g/mol. The topological polar surface area (TPSA) is 54.2 Å². The number of anilines is 1. The smallest absolute Gasteiger partial charge is 0.265 e. The van der Waals surface area contributed by atoms with Crippen molar-refractivity contribution >= 4 is 11.5 Å². The van der Waals surface area contributed by atoms with Crippen LogP contribution in [0.4, 0.5) is 14.6 Å². The Labute approximate surface area is 156 Å². The number of fused-ring (bicyclic) bond motifs is 1. The van der Waals surface area contributed by atoms with Gasteiger partial charge in [0.2, 0.25) is 0 Å². The first-order chi connectivity index (χ1) is 12.9. The summed E-state index contributed by atoms with van der Waals surface area (Å²) in [5.41, 5.74) is 2.10. The molecule has 4 heterocycles. The highest BCUT2D eigenvalue weighted by molar-refractivity contribution is 5.62. The molecule has 0 amide bonds. The third-order valence-corrected chi connectivity index (χ3v) is 5.25. The van der Waals surface area contributed by atoms with Gasteiger partial charge in [-0.3, -0.25) is 4.40 Å². The van der Waals surface area contributed by atoms with Gasteiger partial charge in [0.1, 0.15) is 11.5 Å². The van der Waals surface area contributed by atoms with Crippen LogP contribution in [0.2, 0.25) is 0 Å². The van der Waals surface area contributed by atoms with Gasteiger partial charge in [0.25, 0.3) is 6.43 Å². The lowest BCUT2D eigenvalue weighted by Crippen LogP contribution is -2.49. The minimum absolute atomic E-state index is 0.0347. The highest BCUT2D eigenvalue weighted by Crippen LogP contribution is 2.29. The van der Waals surface area contributed by atoms with Crippen molar-refractivity contribution in [1.29, 1.82) is 0 Å². The van der Waals surface area contributed by atoms with Gasteiger partial charge in [-0.15, -0.1) is 0 Å². The first-order valence-corrected chi connectivity index (χ1v) is 9.14. The lowest BCUT2D eigenvalue weighted by atomic mass is 9.80. The van der Waals surface area contributed by atoms with Crippen LogP contribution in [0.5, 0.6) is 0 Å². The maximum Gasteiger partial charge on any atom is 0.265 e. The maximum absolute atomic E-state index is 13.1. The number of hydrogen-bond donors (Lipinski definition) is 2. The molecule has 1 aliphatic rings. The number of alkyl halides is 2. The summed E-state index contributed by atoms with van der Waals surface area (Å²) in [6.45, 7) is 6.40. The molecule has 1 unspecified atom stereocenters. The molecule has 4 rings (SSSR count). The summed E-state index contributed by atoms with van der Waals surface area (Å²) in [7, 11) is 0. The molecule has 1 fully saturated rings. The van der Waals surface area contributed by atoms with Crippen LogP contribution in [-0.4, -0.2) is 33.5 Å². The Kier molecular flexibility index (Phi) is 4.55. The van der Waals surface area contributed by atoms with Crippen LogP contribution in [0.1, 0.15) is 32.3 Å². The van der Waals surface area contributed by atoms with Crippen LogP contribution >= 0.6 is 0 Å². The summed E-state index contributed by atoms with van der Waals surface area (Å²) >= 11 is 0. The number of pyridine rings is 2. The summed E-state index contributed by atoms with van der Waals surface area (Å²) in [5.74, 6) is 0.785. The van der Waals surface area contributed by atoms with Gasteiger partial charge in [-0.05, 0) is 42.6 Å². The molecule has 0 spiro atoms. The van der Waals surface area contributed by atoms with Crippen molar-refractivity contribution in [3.63, 3.8) is 0 Å². The molecule has 1 aliphatic heterocycles. The van der Waals surface area contributed by atoms with Crippen molar-refractivity contribution in [3.8, 4) is 11.4 Å². The van der Waals surface area contributed by atoms with Gasteiger partial charge in [0.05, 0.1) is 17.6 Å². The standard InChI is InChI=1S/C20H23F2N5/c1-20(2)12-23-9-8-16(20)26-17-5-3-4-14(25-17)15-10-24-18-7-6-13(19(21)22)11-27(15)18/h3-7,10-11,16,19,23H,8-9,12H2,1-2H3,(H,25,26). The van der Waals surface area contributed by atoms with E-state index in [1.807, 2.05) is 18.2 Å². The van der Waals surface area contributed by atoms with Crippen molar-refractivity contribution in [3.05, 3.63) is 48.3 Å². The first kappa shape index (κ1) is 17.9. The van der Waals surface area contributed by atoms with Crippen LogP contribution in [0, 0.1) is 5.41 Å². The maximum atomic E-state index is 13.1. The number of halogens is 2. The molecule has 2 N–H and O–H groups in total. The Hall–Kier alpha value is -2.54. The lowest BCUT2D eigenvalue weighted by Gasteiger charge is -2.39. The molecule has 0 aromatic carbocycles. The molecule has 1 atom stereocenters. The zero-order chi connectivity index (χ0) is 19.0. The quantitative estimate of drug-likeness (QED) is 0.724. The predicted molar refractivity (Wildman–Crippen MR) is 102 cm³/mol. The van der Waals surface area contributed by atoms with Crippen LogP contribution in [0.25, 0.3) is 17.0 Å². The van der Waals surface area contributed by atoms with Crippen LogP contribution in [0.15, 0.2) is 42.7 Å². The van der Waals surface area contributed by atoms with E-state index in [9.17, 15) is 8.78 Å². The molecule has 1 saturated heterocycles.